The van der Waals surface area contributed by atoms with E-state index in [-0.39, 0.29) is 42.7 Å². The molecular formula is C46H74N2O12. The lowest BCUT2D eigenvalue weighted by molar-refractivity contribution is -0.398. The first-order valence-corrected chi connectivity index (χ1v) is 22.8. The Morgan fingerprint density at radius 2 is 1.65 bits per heavy atom. The number of carboxylic acid groups (broad SMARTS) is 1. The second-order valence-corrected chi connectivity index (χ2v) is 19.1. The minimum Gasteiger partial charge on any atom is -0.481 e. The maximum Gasteiger partial charge on any atom is 0.407 e. The molecule has 5 aliphatic rings. The van der Waals surface area contributed by atoms with Crippen LogP contribution < -0.4 is 5.32 Å². The van der Waals surface area contributed by atoms with Gasteiger partial charge in [-0.1, -0.05) is 61.5 Å². The van der Waals surface area contributed by atoms with Gasteiger partial charge in [-0.2, -0.15) is 5.26 Å². The van der Waals surface area contributed by atoms with Crippen LogP contribution in [0, 0.1) is 52.8 Å². The fourth-order valence-corrected chi connectivity index (χ4v) is 11.0. The van der Waals surface area contributed by atoms with Crippen LogP contribution in [-0.2, 0) is 38.0 Å². The van der Waals surface area contributed by atoms with E-state index in [2.05, 4.69) is 19.2 Å². The zero-order valence-electron chi connectivity index (χ0n) is 37.7. The van der Waals surface area contributed by atoms with Crippen molar-refractivity contribution in [2.75, 3.05) is 6.61 Å². The minimum atomic E-state index is -1.42. The van der Waals surface area contributed by atoms with E-state index < -0.39 is 95.1 Å². The fraction of sp³-hybridized carbons (Fsp3) is 0.870. The molecule has 0 saturated carbocycles. The van der Waals surface area contributed by atoms with Crippen molar-refractivity contribution < 1.29 is 58.1 Å². The van der Waals surface area contributed by atoms with E-state index in [9.17, 15) is 29.7 Å². The van der Waals surface area contributed by atoms with Crippen molar-refractivity contribution in [2.24, 2.45) is 41.4 Å². The molecule has 0 bridgehead atoms. The summed E-state index contributed by atoms with van der Waals surface area (Å²) >= 11 is 0. The van der Waals surface area contributed by atoms with E-state index in [0.29, 0.717) is 57.8 Å². The quantitative estimate of drug-likeness (QED) is 0.0987. The van der Waals surface area contributed by atoms with Crippen molar-refractivity contribution in [1.29, 1.82) is 5.26 Å². The number of carbonyl (C=O) groups excluding carboxylic acids is 2. The molecule has 4 N–H and O–H groups in total. The first-order valence-electron chi connectivity index (χ1n) is 22.8. The second kappa shape index (κ2) is 19.4. The van der Waals surface area contributed by atoms with Crippen molar-refractivity contribution in [3.63, 3.8) is 0 Å². The maximum atomic E-state index is 14.6. The molecule has 5 aliphatic heterocycles. The fourth-order valence-electron chi connectivity index (χ4n) is 11.0. The third-order valence-corrected chi connectivity index (χ3v) is 15.2. The van der Waals surface area contributed by atoms with Gasteiger partial charge in [0.05, 0.1) is 66.2 Å². The summed E-state index contributed by atoms with van der Waals surface area (Å²) in [6.45, 7) is 19.4. The molecule has 0 aromatic heterocycles. The van der Waals surface area contributed by atoms with E-state index in [1.807, 2.05) is 66.7 Å². The highest BCUT2D eigenvalue weighted by molar-refractivity contribution is 5.84. The van der Waals surface area contributed by atoms with Crippen molar-refractivity contribution in [1.82, 2.24) is 5.32 Å². The maximum absolute atomic E-state index is 14.6. The van der Waals surface area contributed by atoms with Gasteiger partial charge in [-0.3, -0.25) is 9.59 Å². The number of aliphatic hydroxyl groups excluding tert-OH is 1. The highest BCUT2D eigenvalue weighted by Crippen LogP contribution is 2.54. The summed E-state index contributed by atoms with van der Waals surface area (Å²) in [4.78, 5) is 39.7. The molecular weight excluding hydrogens is 773 g/mol. The minimum absolute atomic E-state index is 0.0471. The van der Waals surface area contributed by atoms with Crippen molar-refractivity contribution in [3.8, 4) is 6.07 Å². The number of carbonyl (C=O) groups is 3. The van der Waals surface area contributed by atoms with E-state index >= 15 is 0 Å². The van der Waals surface area contributed by atoms with Crippen LogP contribution in [-0.4, -0.2) is 105 Å². The zero-order chi connectivity index (χ0) is 44.4. The van der Waals surface area contributed by atoms with Crippen LogP contribution in [0.3, 0.4) is 0 Å². The number of hydrogen-bond donors (Lipinski definition) is 4. The molecule has 0 aromatic carbocycles. The Morgan fingerprint density at radius 3 is 2.27 bits per heavy atom. The topological polar surface area (TPSA) is 203 Å². The van der Waals surface area contributed by atoms with Crippen LogP contribution in [0.25, 0.3) is 0 Å². The first-order chi connectivity index (χ1) is 28.2. The zero-order valence-corrected chi connectivity index (χ0v) is 37.7. The summed E-state index contributed by atoms with van der Waals surface area (Å²) in [5, 5.41) is 44.7. The number of hydrogen-bond acceptors (Lipinski definition) is 12. The van der Waals surface area contributed by atoms with Gasteiger partial charge in [-0.25, -0.2) is 4.79 Å². The van der Waals surface area contributed by atoms with E-state index in [0.717, 1.165) is 6.42 Å². The Labute approximate surface area is 357 Å². The number of carboxylic acids is 1. The molecule has 4 fully saturated rings. The summed E-state index contributed by atoms with van der Waals surface area (Å²) in [5.74, 6) is -6.32. The van der Waals surface area contributed by atoms with Crippen LogP contribution in [0.4, 0.5) is 4.79 Å². The summed E-state index contributed by atoms with van der Waals surface area (Å²) < 4.78 is 39.5. The predicted octanol–water partition coefficient (Wildman–Crippen LogP) is 6.84. The monoisotopic (exact) mass is 847 g/mol. The number of ketones is 1. The van der Waals surface area contributed by atoms with Crippen LogP contribution in [0.1, 0.15) is 140 Å². The average molecular weight is 847 g/mol. The second-order valence-electron chi connectivity index (χ2n) is 19.1. The summed E-state index contributed by atoms with van der Waals surface area (Å²) in [6, 6.07) is 1.18. The Balaban J connectivity index is 1.39. The molecule has 340 valence electrons. The SMILES string of the molecule is CC[C@@H](C(=O)[C@@H](C)[C@@H](O)[C@H](C)[C@@H]1O[C@@H]([C@@H](CC)C(=O)O)CC[C@@H]1C)[C@H]1O[C@]2(C=C[C@@H](NC(=O)OCCC#N)[C@]3(CC[C@@](C)([C@H]4CC[C@](O)(CC)[C@H](C)O4)O3)O2)[C@H](C)C[C@@H]1C. The van der Waals surface area contributed by atoms with Gasteiger partial charge in [0, 0.05) is 30.1 Å². The smallest absolute Gasteiger partial charge is 0.407 e. The molecule has 14 nitrogen and oxygen atoms in total. The number of aliphatic hydroxyl groups is 2. The first kappa shape index (κ1) is 48.4. The van der Waals surface area contributed by atoms with E-state index in [1.54, 1.807) is 6.92 Å². The predicted molar refractivity (Wildman–Crippen MR) is 221 cm³/mol. The number of nitrogens with one attached hydrogen (secondary N) is 1. The highest BCUT2D eigenvalue weighted by Gasteiger charge is 2.63. The number of ether oxygens (including phenoxy) is 6. The standard InChI is InChI=1S/C46H74N2O12/c1-11-32(41(51)52)34-16-15-26(4)39(57-34)30(8)37(49)29(7)38(50)33(12-2)40-27(5)25-28(6)45(58-40)20-17-35(48-42(53)55-24-14-23-47)46(60-45)22-21-43(10,59-46)36-18-19-44(54,13-3)31(9)56-36/h17,20,26-37,39-40,49,54H,11-16,18-19,21-22,24-25H2,1-10H3,(H,48,53)(H,51,52)/t26-,27-,28+,29-,30-,31-,32+,33-,34+,35+,36+,37+,39+,40-,43-,44+,45-,46-/m0/s1. The summed E-state index contributed by atoms with van der Waals surface area (Å²) in [7, 11) is 0. The lowest BCUT2D eigenvalue weighted by Crippen LogP contribution is -2.65. The normalized spacial score (nSPS) is 41.8. The Kier molecular flexibility index (Phi) is 15.6. The molecule has 0 aliphatic carbocycles. The number of aliphatic carboxylic acids is 1. The Hall–Kier alpha value is -2.64. The average Bonchev–Trinajstić information content (AvgIpc) is 3.55. The highest BCUT2D eigenvalue weighted by atomic mass is 16.8. The molecule has 0 aromatic rings. The van der Waals surface area contributed by atoms with Crippen LogP contribution in [0.2, 0.25) is 0 Å². The van der Waals surface area contributed by atoms with Crippen LogP contribution in [0.15, 0.2) is 12.2 Å². The number of alkyl carbamates (subject to hydrolysis) is 1. The van der Waals surface area contributed by atoms with Gasteiger partial charge in [0.2, 0.25) is 0 Å². The molecule has 1 amide bonds. The lowest BCUT2D eigenvalue weighted by Gasteiger charge is -2.55. The molecule has 5 rings (SSSR count). The number of rotatable bonds is 15. The molecule has 60 heavy (non-hydrogen) atoms. The van der Waals surface area contributed by atoms with Crippen molar-refractivity contribution >= 4 is 17.8 Å². The van der Waals surface area contributed by atoms with Gasteiger partial charge < -0.3 is 49.1 Å². The molecule has 0 radical (unpaired) electrons. The Morgan fingerprint density at radius 1 is 0.950 bits per heavy atom. The number of nitriles is 1. The summed E-state index contributed by atoms with van der Waals surface area (Å²) in [6.07, 6.45) is 5.27. The molecule has 14 heteroatoms. The van der Waals surface area contributed by atoms with Crippen LogP contribution in [0.5, 0.6) is 0 Å². The lowest BCUT2D eigenvalue weighted by atomic mass is 9.72. The molecule has 18 atom stereocenters. The molecule has 0 unspecified atom stereocenters. The van der Waals surface area contributed by atoms with Crippen LogP contribution >= 0.6 is 0 Å². The van der Waals surface area contributed by atoms with Crippen molar-refractivity contribution in [2.45, 2.75) is 205 Å². The van der Waals surface area contributed by atoms with Gasteiger partial charge in [0.25, 0.3) is 0 Å². The van der Waals surface area contributed by atoms with Gasteiger partial charge >= 0.3 is 12.1 Å². The number of nitrogens with zero attached hydrogens (tertiary/aromatic N) is 1. The van der Waals surface area contributed by atoms with Gasteiger partial charge in [-0.05, 0) is 89.5 Å². The third-order valence-electron chi connectivity index (χ3n) is 15.2. The van der Waals surface area contributed by atoms with E-state index in [4.69, 9.17) is 33.7 Å². The van der Waals surface area contributed by atoms with Crippen molar-refractivity contribution in [3.05, 3.63) is 12.2 Å². The summed E-state index contributed by atoms with van der Waals surface area (Å²) in [5.41, 5.74) is -1.78. The number of Topliss-reactive ketones (excluding diaryl/α,β-unsaturated/α-hetero) is 1. The van der Waals surface area contributed by atoms with Gasteiger partial charge in [0.15, 0.2) is 11.6 Å². The van der Waals surface area contributed by atoms with E-state index in [1.165, 1.54) is 0 Å². The molecule has 2 spiro atoms. The van der Waals surface area contributed by atoms with Gasteiger partial charge in [0.1, 0.15) is 18.4 Å². The number of amides is 1. The third kappa shape index (κ3) is 9.63. The Bertz CT molecular complexity index is 1590. The van der Waals surface area contributed by atoms with Gasteiger partial charge in [-0.15, -0.1) is 0 Å². The molecule has 5 heterocycles. The largest absolute Gasteiger partial charge is 0.481 e. The molecule has 4 saturated heterocycles.